The molecule has 0 unspecified atom stereocenters. The molecule has 0 fully saturated rings. The second-order valence-corrected chi connectivity index (χ2v) is 5.73. The Hall–Kier alpha value is -1.38. The first-order chi connectivity index (χ1) is 9.16. The van der Waals surface area contributed by atoms with Gasteiger partial charge in [0.05, 0.1) is 6.10 Å². The molecule has 1 aliphatic carbocycles. The van der Waals surface area contributed by atoms with Gasteiger partial charge in [-0.3, -0.25) is 0 Å². The van der Waals surface area contributed by atoms with Crippen LogP contribution in [-0.2, 0) is 12.8 Å². The third kappa shape index (κ3) is 2.26. The summed E-state index contributed by atoms with van der Waals surface area (Å²) in [6.45, 7) is 4.80. The van der Waals surface area contributed by atoms with E-state index in [0.717, 1.165) is 18.4 Å². The zero-order valence-corrected chi connectivity index (χ0v) is 11.6. The van der Waals surface area contributed by atoms with Gasteiger partial charge in [0.2, 0.25) is 0 Å². The largest absolute Gasteiger partial charge is 0.387 e. The maximum atomic E-state index is 10.4. The number of benzene rings is 2. The smallest absolute Gasteiger partial charge is 0.0920 e. The van der Waals surface area contributed by atoms with Crippen molar-refractivity contribution in [3.05, 3.63) is 47.0 Å². The second kappa shape index (κ2) is 4.95. The van der Waals surface area contributed by atoms with Crippen molar-refractivity contribution in [3.8, 4) is 0 Å². The van der Waals surface area contributed by atoms with Crippen LogP contribution in [0.25, 0.3) is 10.8 Å². The highest BCUT2D eigenvalue weighted by atomic mass is 16.3. The third-order valence-corrected chi connectivity index (χ3v) is 3.99. The number of aliphatic hydroxyl groups is 1. The molecule has 3 rings (SSSR count). The molecule has 2 nitrogen and oxygen atoms in total. The Morgan fingerprint density at radius 2 is 1.84 bits per heavy atom. The monoisotopic (exact) mass is 255 g/mol. The van der Waals surface area contributed by atoms with E-state index in [9.17, 15) is 5.11 Å². The van der Waals surface area contributed by atoms with Gasteiger partial charge in [-0.25, -0.2) is 0 Å². The first kappa shape index (κ1) is 12.6. The fraction of sp³-hybridized carbons (Fsp3) is 0.412. The molecular weight excluding hydrogens is 234 g/mol. The molecule has 0 saturated heterocycles. The summed E-state index contributed by atoms with van der Waals surface area (Å²) < 4.78 is 0. The van der Waals surface area contributed by atoms with E-state index in [-0.39, 0.29) is 0 Å². The number of aliphatic hydroxyl groups excluding tert-OH is 1. The highest BCUT2D eigenvalue weighted by Gasteiger charge is 2.18. The molecule has 100 valence electrons. The lowest BCUT2D eigenvalue weighted by Crippen LogP contribution is -2.28. The zero-order valence-electron chi connectivity index (χ0n) is 11.6. The van der Waals surface area contributed by atoms with E-state index in [2.05, 4.69) is 49.5 Å². The topological polar surface area (TPSA) is 32.3 Å². The van der Waals surface area contributed by atoms with Crippen LogP contribution in [0.3, 0.4) is 0 Å². The minimum absolute atomic E-state index is 0.395. The molecule has 0 heterocycles. The maximum Gasteiger partial charge on any atom is 0.0920 e. The van der Waals surface area contributed by atoms with E-state index >= 15 is 0 Å². The minimum atomic E-state index is -0.438. The summed E-state index contributed by atoms with van der Waals surface area (Å²) in [4.78, 5) is 0. The van der Waals surface area contributed by atoms with Gasteiger partial charge in [-0.05, 0) is 40.3 Å². The average Bonchev–Trinajstić information content (AvgIpc) is 2.82. The normalized spacial score (nSPS) is 15.4. The van der Waals surface area contributed by atoms with Crippen LogP contribution < -0.4 is 5.32 Å². The molecule has 0 bridgehead atoms. The Morgan fingerprint density at radius 3 is 2.58 bits per heavy atom. The summed E-state index contributed by atoms with van der Waals surface area (Å²) in [6, 6.07) is 11.1. The Bertz CT molecular complexity index is 593. The van der Waals surface area contributed by atoms with Gasteiger partial charge in [0.25, 0.3) is 0 Å². The van der Waals surface area contributed by atoms with Crippen LogP contribution in [0.2, 0.25) is 0 Å². The molecule has 0 saturated carbocycles. The van der Waals surface area contributed by atoms with Gasteiger partial charge in [0.1, 0.15) is 0 Å². The molecule has 0 amide bonds. The quantitative estimate of drug-likeness (QED) is 0.880. The number of rotatable bonds is 4. The lowest BCUT2D eigenvalue weighted by atomic mass is 9.96. The average molecular weight is 255 g/mol. The molecule has 2 aromatic rings. The highest BCUT2D eigenvalue weighted by molar-refractivity contribution is 5.93. The van der Waals surface area contributed by atoms with Crippen LogP contribution in [0.5, 0.6) is 0 Å². The first-order valence-electron chi connectivity index (χ1n) is 7.11. The van der Waals surface area contributed by atoms with E-state index in [0.29, 0.717) is 12.6 Å². The molecule has 0 radical (unpaired) electrons. The Kier molecular flexibility index (Phi) is 3.29. The van der Waals surface area contributed by atoms with Crippen molar-refractivity contribution < 1.29 is 5.11 Å². The first-order valence-corrected chi connectivity index (χ1v) is 7.11. The summed E-state index contributed by atoms with van der Waals surface area (Å²) in [5.41, 5.74) is 3.91. The van der Waals surface area contributed by atoms with Gasteiger partial charge < -0.3 is 10.4 Å². The number of hydrogen-bond donors (Lipinski definition) is 2. The van der Waals surface area contributed by atoms with Crippen molar-refractivity contribution in [2.75, 3.05) is 6.54 Å². The molecule has 0 aliphatic heterocycles. The van der Waals surface area contributed by atoms with Crippen LogP contribution in [0.15, 0.2) is 30.3 Å². The molecule has 19 heavy (non-hydrogen) atoms. The Morgan fingerprint density at radius 1 is 1.11 bits per heavy atom. The lowest BCUT2D eigenvalue weighted by Gasteiger charge is -2.17. The van der Waals surface area contributed by atoms with Gasteiger partial charge in [-0.2, -0.15) is 0 Å². The summed E-state index contributed by atoms with van der Waals surface area (Å²) in [6.07, 6.45) is 1.83. The summed E-state index contributed by atoms with van der Waals surface area (Å²) >= 11 is 0. The van der Waals surface area contributed by atoms with Crippen LogP contribution in [-0.4, -0.2) is 17.7 Å². The van der Waals surface area contributed by atoms with Crippen molar-refractivity contribution in [3.63, 3.8) is 0 Å². The fourth-order valence-corrected chi connectivity index (χ4v) is 3.02. The van der Waals surface area contributed by atoms with Gasteiger partial charge in [-0.1, -0.05) is 44.2 Å². The van der Waals surface area contributed by atoms with Crippen LogP contribution in [0.4, 0.5) is 0 Å². The SMILES string of the molecule is CC(C)NC[C@H](O)c1ccc2c3c(cccc13)CC2. The predicted molar refractivity (Wildman–Crippen MR) is 79.5 cm³/mol. The summed E-state index contributed by atoms with van der Waals surface area (Å²) in [5.74, 6) is 0. The van der Waals surface area contributed by atoms with E-state index in [1.54, 1.807) is 0 Å². The molecule has 2 aromatic carbocycles. The molecular formula is C17H21NO. The molecule has 0 aromatic heterocycles. The molecule has 1 aliphatic rings. The van der Waals surface area contributed by atoms with E-state index in [4.69, 9.17) is 0 Å². The molecule has 0 spiro atoms. The molecule has 2 N–H and O–H groups in total. The summed E-state index contributed by atoms with van der Waals surface area (Å²) in [7, 11) is 0. The minimum Gasteiger partial charge on any atom is -0.387 e. The summed E-state index contributed by atoms with van der Waals surface area (Å²) in [5, 5.41) is 16.3. The molecule has 1 atom stereocenters. The van der Waals surface area contributed by atoms with Crippen molar-refractivity contribution >= 4 is 10.8 Å². The Balaban J connectivity index is 2.01. The Labute approximate surface area is 114 Å². The standard InChI is InChI=1S/C17H21NO/c1-11(2)18-10-16(19)14-9-8-13-7-6-12-4-3-5-15(14)17(12)13/h3-5,8-9,11,16,18-19H,6-7,10H2,1-2H3/t16-/m0/s1. The van der Waals surface area contributed by atoms with E-state index in [1.165, 1.54) is 21.9 Å². The molecule has 2 heteroatoms. The van der Waals surface area contributed by atoms with Crippen LogP contribution >= 0.6 is 0 Å². The van der Waals surface area contributed by atoms with Gasteiger partial charge in [0.15, 0.2) is 0 Å². The highest BCUT2D eigenvalue weighted by Crippen LogP contribution is 2.34. The third-order valence-electron chi connectivity index (χ3n) is 3.99. The van der Waals surface area contributed by atoms with Crippen molar-refractivity contribution in [1.82, 2.24) is 5.32 Å². The number of hydrogen-bond acceptors (Lipinski definition) is 2. The van der Waals surface area contributed by atoms with Gasteiger partial charge >= 0.3 is 0 Å². The van der Waals surface area contributed by atoms with Crippen LogP contribution in [0.1, 0.15) is 36.6 Å². The van der Waals surface area contributed by atoms with Gasteiger partial charge in [0, 0.05) is 12.6 Å². The number of nitrogens with one attached hydrogen (secondary N) is 1. The van der Waals surface area contributed by atoms with Crippen molar-refractivity contribution in [2.45, 2.75) is 38.8 Å². The maximum absolute atomic E-state index is 10.4. The zero-order chi connectivity index (χ0) is 13.4. The lowest BCUT2D eigenvalue weighted by molar-refractivity contribution is 0.173. The second-order valence-electron chi connectivity index (χ2n) is 5.73. The van der Waals surface area contributed by atoms with Gasteiger partial charge in [-0.15, -0.1) is 0 Å². The van der Waals surface area contributed by atoms with E-state index in [1.807, 2.05) is 0 Å². The fourth-order valence-electron chi connectivity index (χ4n) is 3.02. The van der Waals surface area contributed by atoms with Crippen molar-refractivity contribution in [2.24, 2.45) is 0 Å². The number of aryl methyl sites for hydroxylation is 2. The van der Waals surface area contributed by atoms with E-state index < -0.39 is 6.10 Å². The van der Waals surface area contributed by atoms with Crippen molar-refractivity contribution in [1.29, 1.82) is 0 Å². The predicted octanol–water partition coefficient (Wildman–Crippen LogP) is 2.97. The van der Waals surface area contributed by atoms with Crippen LogP contribution in [0, 0.1) is 0 Å².